The van der Waals surface area contributed by atoms with Crippen LogP contribution in [0.25, 0.3) is 72.4 Å². The van der Waals surface area contributed by atoms with Crippen LogP contribution in [0.2, 0.25) is 19.6 Å². The third-order valence-electron chi connectivity index (χ3n) is 11.5. The quantitative estimate of drug-likeness (QED) is 0.113. The molecule has 0 fully saturated rings. The van der Waals surface area contributed by atoms with E-state index in [0.717, 1.165) is 73.2 Å². The van der Waals surface area contributed by atoms with E-state index in [9.17, 15) is 4.39 Å². The smallest absolute Gasteiger partial charge is 0.123 e. The van der Waals surface area contributed by atoms with Crippen LogP contribution in [0.4, 0.5) is 4.39 Å². The number of hydrogen-bond donors (Lipinski definition) is 0. The summed E-state index contributed by atoms with van der Waals surface area (Å²) in [4.78, 5) is 9.90. The van der Waals surface area contributed by atoms with Crippen molar-refractivity contribution in [1.82, 2.24) is 14.5 Å². The molecule has 1 radical (unpaired) electrons. The van der Waals surface area contributed by atoms with E-state index in [2.05, 4.69) is 158 Å². The molecule has 0 aliphatic rings. The van der Waals surface area contributed by atoms with Gasteiger partial charge in [-0.2, -0.15) is 0 Å². The Morgan fingerprint density at radius 3 is 2.06 bits per heavy atom. The Labute approximate surface area is 387 Å². The molecule has 0 bridgehead atoms. The van der Waals surface area contributed by atoms with E-state index >= 15 is 0 Å². The van der Waals surface area contributed by atoms with Gasteiger partial charge in [-0.15, -0.1) is 54.1 Å². The second-order valence-electron chi connectivity index (χ2n) is 19.3. The molecule has 7 heteroatoms. The van der Waals surface area contributed by atoms with Crippen LogP contribution in [-0.2, 0) is 26.5 Å². The van der Waals surface area contributed by atoms with Gasteiger partial charge < -0.3 is 14.0 Å². The zero-order valence-electron chi connectivity index (χ0n) is 38.0. The molecule has 9 aromatic rings. The van der Waals surface area contributed by atoms with E-state index in [0.29, 0.717) is 11.8 Å². The van der Waals surface area contributed by atoms with Gasteiger partial charge >= 0.3 is 0 Å². The molecule has 63 heavy (non-hydrogen) atoms. The van der Waals surface area contributed by atoms with E-state index in [-0.39, 0.29) is 31.3 Å². The molecule has 0 aliphatic carbocycles. The first kappa shape index (κ1) is 45.6. The number of halogens is 1. The summed E-state index contributed by atoms with van der Waals surface area (Å²) in [6, 6.07) is 48.8. The summed E-state index contributed by atoms with van der Waals surface area (Å²) in [7, 11) is -1.37. The monoisotopic (exact) mass is 1030 g/mol. The van der Waals surface area contributed by atoms with Gasteiger partial charge in [-0.25, -0.2) is 4.39 Å². The first-order valence-electron chi connectivity index (χ1n) is 21.8. The number of benzene rings is 6. The van der Waals surface area contributed by atoms with Crippen molar-refractivity contribution in [1.29, 1.82) is 0 Å². The van der Waals surface area contributed by atoms with Crippen molar-refractivity contribution in [2.45, 2.75) is 86.4 Å². The van der Waals surface area contributed by atoms with Crippen molar-refractivity contribution in [2.24, 2.45) is 5.41 Å². The molecular weight excluding hydrogens is 970 g/mol. The Morgan fingerprint density at radius 1 is 0.730 bits per heavy atom. The third kappa shape index (κ3) is 9.57. The van der Waals surface area contributed by atoms with Crippen molar-refractivity contribution < 1.29 is 28.9 Å². The molecule has 6 aromatic carbocycles. The van der Waals surface area contributed by atoms with Gasteiger partial charge in [0.2, 0.25) is 0 Å². The number of rotatable bonds is 8. The Hall–Kier alpha value is -5.46. The SMILES string of the molecule is CC(C)(C)Cc1cc(-c2[c-]cccc2)ncc1[Si](C)(C)C.CC(C)c1cccc(C(C)C)c1-n1c(-c2[c-]ccc3c2oc2cc(-c4ccc(F)cc4)ccc23)nc2ccccc21.[Ir]. The number of hydrogen-bond acceptors (Lipinski definition) is 3. The molecule has 9 rings (SSSR count). The summed E-state index contributed by atoms with van der Waals surface area (Å²) in [6.07, 6.45) is 3.21. The zero-order valence-corrected chi connectivity index (χ0v) is 41.4. The molecular formula is C56H56FIrN3OSi-2. The fraction of sp³-hybridized carbons (Fsp3) is 0.250. The number of aromatic nitrogens is 3. The van der Waals surface area contributed by atoms with E-state index in [1.54, 1.807) is 12.1 Å². The molecule has 3 heterocycles. The minimum absolute atomic E-state index is 0. The maximum atomic E-state index is 13.5. The number of para-hydroxylation sites is 3. The number of fused-ring (bicyclic) bond motifs is 4. The van der Waals surface area contributed by atoms with Gasteiger partial charge in [0.25, 0.3) is 0 Å². The van der Waals surface area contributed by atoms with Gasteiger partial charge in [-0.3, -0.25) is 4.98 Å². The number of nitrogens with zero attached hydrogens (tertiary/aromatic N) is 3. The van der Waals surface area contributed by atoms with Crippen molar-refractivity contribution >= 4 is 46.2 Å². The van der Waals surface area contributed by atoms with Gasteiger partial charge in [-0.1, -0.05) is 145 Å². The molecule has 0 spiro atoms. The number of furan rings is 1. The fourth-order valence-electron chi connectivity index (χ4n) is 8.51. The van der Waals surface area contributed by atoms with E-state index < -0.39 is 8.07 Å². The molecule has 0 unspecified atom stereocenters. The van der Waals surface area contributed by atoms with Crippen LogP contribution in [0.5, 0.6) is 0 Å². The second-order valence-corrected chi connectivity index (χ2v) is 24.3. The van der Waals surface area contributed by atoms with Crippen LogP contribution in [0.1, 0.15) is 77.0 Å². The van der Waals surface area contributed by atoms with Crippen LogP contribution in [0, 0.1) is 23.4 Å². The maximum Gasteiger partial charge on any atom is 0.123 e. The minimum Gasteiger partial charge on any atom is -0.501 e. The van der Waals surface area contributed by atoms with Crippen molar-refractivity contribution in [3.05, 3.63) is 168 Å². The molecule has 0 saturated heterocycles. The predicted molar refractivity (Wildman–Crippen MR) is 261 cm³/mol. The topological polar surface area (TPSA) is 43.9 Å². The molecule has 4 nitrogen and oxygen atoms in total. The summed E-state index contributed by atoms with van der Waals surface area (Å²) < 4.78 is 22.5. The molecule has 0 amide bonds. The van der Waals surface area contributed by atoms with Gasteiger partial charge in [0.15, 0.2) is 0 Å². The first-order chi connectivity index (χ1) is 29.6. The van der Waals surface area contributed by atoms with Crippen molar-refractivity contribution in [2.75, 3.05) is 0 Å². The van der Waals surface area contributed by atoms with E-state index in [4.69, 9.17) is 14.4 Å². The summed E-state index contributed by atoms with van der Waals surface area (Å²) in [5.41, 5.74) is 13.8. The fourth-order valence-corrected chi connectivity index (χ4v) is 10.1. The second kappa shape index (κ2) is 18.3. The Morgan fingerprint density at radius 2 is 1.41 bits per heavy atom. The van der Waals surface area contributed by atoms with Gasteiger partial charge in [-0.05, 0) is 87.1 Å². The molecule has 0 aliphatic heterocycles. The molecule has 0 N–H and O–H groups in total. The Bertz CT molecular complexity index is 3000. The summed E-state index contributed by atoms with van der Waals surface area (Å²) in [5.74, 6) is 1.22. The Kier molecular flexibility index (Phi) is 13.3. The van der Waals surface area contributed by atoms with E-state index in [1.807, 2.05) is 36.4 Å². The molecule has 0 atom stereocenters. The summed E-state index contributed by atoms with van der Waals surface area (Å²) in [6.45, 7) is 23.1. The van der Waals surface area contributed by atoms with Crippen molar-refractivity contribution in [3.63, 3.8) is 0 Å². The van der Waals surface area contributed by atoms with Crippen LogP contribution in [0.15, 0.2) is 138 Å². The third-order valence-corrected chi connectivity index (χ3v) is 13.5. The molecule has 0 saturated carbocycles. The summed E-state index contributed by atoms with van der Waals surface area (Å²) in [5, 5.41) is 3.52. The average molecular weight is 1030 g/mol. The van der Waals surface area contributed by atoms with Gasteiger partial charge in [0, 0.05) is 37.4 Å². The van der Waals surface area contributed by atoms with Crippen LogP contribution in [-0.4, -0.2) is 22.6 Å². The number of imidazole rings is 1. The van der Waals surface area contributed by atoms with Crippen LogP contribution >= 0.6 is 0 Å². The Balaban J connectivity index is 0.000000229. The van der Waals surface area contributed by atoms with E-state index in [1.165, 1.54) is 39.7 Å². The minimum atomic E-state index is -1.37. The summed E-state index contributed by atoms with van der Waals surface area (Å²) >= 11 is 0. The van der Waals surface area contributed by atoms with Gasteiger partial charge in [0.1, 0.15) is 11.4 Å². The maximum absolute atomic E-state index is 13.5. The molecule has 323 valence electrons. The first-order valence-corrected chi connectivity index (χ1v) is 25.3. The van der Waals surface area contributed by atoms with Crippen LogP contribution in [0.3, 0.4) is 0 Å². The van der Waals surface area contributed by atoms with Crippen LogP contribution < -0.4 is 5.19 Å². The number of pyridine rings is 1. The average Bonchev–Trinajstić information content (AvgIpc) is 3.81. The van der Waals surface area contributed by atoms with Gasteiger partial charge in [0.05, 0.1) is 30.5 Å². The zero-order chi connectivity index (χ0) is 43.9. The van der Waals surface area contributed by atoms with Crippen molar-refractivity contribution in [3.8, 4) is 39.5 Å². The predicted octanol–water partition coefficient (Wildman–Crippen LogP) is 15.1. The standard InChI is InChI=1S/C37H30FN2O.C19H26NSi.Ir/c1-22(2)27-9-7-10-28(23(3)4)35(27)40-33-14-6-5-13-32(33)39-37(40)31-12-8-11-30-29-20-17-25(21-34(29)41-36(30)31)24-15-18-26(38)19-16-24;1-19(2,3)13-16-12-17(15-10-8-7-9-11-15)20-14-18(16)21(4,5)6;/h5-11,13-23H,1-4H3;7-10,12,14H,13H2,1-6H3;/q2*-1;. The molecule has 3 aromatic heterocycles. The largest absolute Gasteiger partial charge is 0.501 e. The normalized spacial score (nSPS) is 12.0.